The lowest BCUT2D eigenvalue weighted by molar-refractivity contribution is 0.0153. The minimum Gasteiger partial charge on any atom is -0.539 e. The molecular formula is C22H32BO3S-. The fourth-order valence-electron chi connectivity index (χ4n) is 2.95. The summed E-state index contributed by atoms with van der Waals surface area (Å²) >= 11 is 1.82. The van der Waals surface area contributed by atoms with E-state index in [0.717, 1.165) is 11.2 Å². The monoisotopic (exact) mass is 387 g/mol. The van der Waals surface area contributed by atoms with Gasteiger partial charge in [0.15, 0.2) is 0 Å². The molecule has 0 saturated carbocycles. The van der Waals surface area contributed by atoms with E-state index in [4.69, 9.17) is 14.0 Å². The van der Waals surface area contributed by atoms with Gasteiger partial charge in [-0.3, -0.25) is 0 Å². The van der Waals surface area contributed by atoms with E-state index < -0.39 is 6.75 Å². The van der Waals surface area contributed by atoms with Crippen molar-refractivity contribution in [1.29, 1.82) is 0 Å². The van der Waals surface area contributed by atoms with Gasteiger partial charge in [-0.2, -0.15) is 0 Å². The van der Waals surface area contributed by atoms with Crippen LogP contribution in [0.1, 0.15) is 47.1 Å². The molecule has 27 heavy (non-hydrogen) atoms. The van der Waals surface area contributed by atoms with E-state index in [1.807, 2.05) is 59.4 Å². The van der Waals surface area contributed by atoms with Gasteiger partial charge in [0, 0.05) is 29.0 Å². The lowest BCUT2D eigenvalue weighted by atomic mass is 9.68. The van der Waals surface area contributed by atoms with Gasteiger partial charge in [0.2, 0.25) is 0 Å². The first-order chi connectivity index (χ1) is 12.8. The second kappa shape index (κ2) is 10.3. The van der Waals surface area contributed by atoms with Crippen molar-refractivity contribution in [1.82, 2.24) is 0 Å². The highest BCUT2D eigenvalue weighted by atomic mass is 32.2. The van der Waals surface area contributed by atoms with Crippen molar-refractivity contribution in [3.05, 3.63) is 60.2 Å². The van der Waals surface area contributed by atoms with Crippen LogP contribution in [-0.2, 0) is 19.7 Å². The Kier molecular flexibility index (Phi) is 8.42. The summed E-state index contributed by atoms with van der Waals surface area (Å²) in [5, 5.41) is 0. The highest BCUT2D eigenvalue weighted by Crippen LogP contribution is 2.24. The van der Waals surface area contributed by atoms with E-state index in [-0.39, 0.29) is 18.3 Å². The molecule has 0 atom stereocenters. The number of thioether (sulfide) groups is 1. The number of hydrogen-bond donors (Lipinski definition) is 0. The normalized spacial score (nSPS) is 12.3. The Bertz CT molecular complexity index is 645. The molecule has 0 N–H and O–H groups in total. The summed E-state index contributed by atoms with van der Waals surface area (Å²) in [4.78, 5) is 1.21. The predicted molar refractivity (Wildman–Crippen MR) is 116 cm³/mol. The van der Waals surface area contributed by atoms with Crippen LogP contribution < -0.4 is 5.46 Å². The molecule has 2 aromatic rings. The molecule has 0 aliphatic rings. The van der Waals surface area contributed by atoms with Gasteiger partial charge in [-0.1, -0.05) is 54.6 Å². The molecule has 0 aliphatic carbocycles. The van der Waals surface area contributed by atoms with Crippen molar-refractivity contribution >= 4 is 24.0 Å². The zero-order valence-electron chi connectivity index (χ0n) is 17.3. The number of hydrogen-bond acceptors (Lipinski definition) is 4. The zero-order valence-corrected chi connectivity index (χ0v) is 18.2. The van der Waals surface area contributed by atoms with Crippen LogP contribution in [0.15, 0.2) is 59.5 Å². The van der Waals surface area contributed by atoms with Gasteiger partial charge < -0.3 is 14.0 Å². The standard InChI is InChI=1S/C22H32BO3S/c1-17(2)24-23(25-18(3)4,26-19(5)6)21-12-14-22(15-13-21)27-16-20-10-8-7-9-11-20/h7-15,17-19H,16H2,1-6H3/q-1. The van der Waals surface area contributed by atoms with Gasteiger partial charge in [0.25, 0.3) is 0 Å². The third kappa shape index (κ3) is 7.00. The van der Waals surface area contributed by atoms with Crippen molar-refractivity contribution in [2.75, 3.05) is 0 Å². The second-order valence-corrected chi connectivity index (χ2v) is 8.59. The van der Waals surface area contributed by atoms with Crippen LogP contribution in [0, 0.1) is 0 Å². The molecule has 0 aromatic heterocycles. The number of benzene rings is 2. The molecule has 0 amide bonds. The van der Waals surface area contributed by atoms with E-state index in [0.29, 0.717) is 0 Å². The fraction of sp³-hybridized carbons (Fsp3) is 0.455. The van der Waals surface area contributed by atoms with E-state index in [1.54, 1.807) is 0 Å². The largest absolute Gasteiger partial charge is 0.539 e. The summed E-state index contributed by atoms with van der Waals surface area (Å²) in [5.74, 6) is 0.948. The Balaban J connectivity index is 2.21. The first-order valence-electron chi connectivity index (χ1n) is 9.75. The molecule has 0 saturated heterocycles. The molecule has 0 radical (unpaired) electrons. The van der Waals surface area contributed by atoms with Crippen LogP contribution >= 0.6 is 11.8 Å². The summed E-state index contributed by atoms with van der Waals surface area (Å²) in [6.07, 6.45) is -0.0149. The number of rotatable bonds is 10. The summed E-state index contributed by atoms with van der Waals surface area (Å²) in [6.45, 7) is 10.0. The Morgan fingerprint density at radius 1 is 0.704 bits per heavy atom. The lowest BCUT2D eigenvalue weighted by Gasteiger charge is -2.46. The predicted octanol–water partition coefficient (Wildman–Crippen LogP) is 5.40. The lowest BCUT2D eigenvalue weighted by Crippen LogP contribution is -2.60. The Morgan fingerprint density at radius 3 is 1.63 bits per heavy atom. The molecule has 2 rings (SSSR count). The molecule has 5 heteroatoms. The Hall–Kier alpha value is -1.27. The maximum atomic E-state index is 6.23. The van der Waals surface area contributed by atoms with Gasteiger partial charge in [-0.15, -0.1) is 17.2 Å². The highest BCUT2D eigenvalue weighted by Gasteiger charge is 2.34. The van der Waals surface area contributed by atoms with Crippen LogP contribution in [0.25, 0.3) is 0 Å². The third-order valence-electron chi connectivity index (χ3n) is 3.89. The first kappa shape index (κ1) is 22.0. The SMILES string of the molecule is CC(C)O[B-](OC(C)C)(OC(C)C)c1ccc(SCc2ccccc2)cc1. The Morgan fingerprint density at radius 2 is 1.19 bits per heavy atom. The highest BCUT2D eigenvalue weighted by molar-refractivity contribution is 7.98. The topological polar surface area (TPSA) is 27.7 Å². The molecule has 0 aliphatic heterocycles. The van der Waals surface area contributed by atoms with Gasteiger partial charge in [-0.25, -0.2) is 0 Å². The van der Waals surface area contributed by atoms with Crippen molar-refractivity contribution in [3.63, 3.8) is 0 Å². The summed E-state index contributed by atoms with van der Waals surface area (Å²) < 4.78 is 18.7. The maximum Gasteiger partial charge on any atom is 0.410 e. The molecule has 0 unspecified atom stereocenters. The average molecular weight is 387 g/mol. The smallest absolute Gasteiger partial charge is 0.410 e. The van der Waals surface area contributed by atoms with E-state index in [1.165, 1.54) is 10.5 Å². The van der Waals surface area contributed by atoms with Crippen LogP contribution in [0.3, 0.4) is 0 Å². The van der Waals surface area contributed by atoms with Crippen molar-refractivity contribution in [2.45, 2.75) is 70.5 Å². The molecule has 2 aromatic carbocycles. The summed E-state index contributed by atoms with van der Waals surface area (Å²) in [5.41, 5.74) is 2.26. The van der Waals surface area contributed by atoms with Crippen LogP contribution in [0.2, 0.25) is 0 Å². The van der Waals surface area contributed by atoms with Gasteiger partial charge in [0.1, 0.15) is 0 Å². The zero-order chi connectivity index (χ0) is 19.9. The molecule has 148 valence electrons. The molecule has 0 fully saturated rings. The van der Waals surface area contributed by atoms with Gasteiger partial charge >= 0.3 is 6.75 Å². The van der Waals surface area contributed by atoms with Crippen LogP contribution in [0.5, 0.6) is 0 Å². The van der Waals surface area contributed by atoms with E-state index in [2.05, 4.69) is 48.5 Å². The summed E-state index contributed by atoms with van der Waals surface area (Å²) in [7, 11) is 0. The average Bonchev–Trinajstić information content (AvgIpc) is 2.59. The summed E-state index contributed by atoms with van der Waals surface area (Å²) in [6, 6.07) is 18.9. The molecular weight excluding hydrogens is 355 g/mol. The maximum absolute atomic E-state index is 6.23. The van der Waals surface area contributed by atoms with Crippen molar-refractivity contribution in [3.8, 4) is 0 Å². The molecule has 0 spiro atoms. The molecule has 0 heterocycles. The third-order valence-corrected chi connectivity index (χ3v) is 4.97. The van der Waals surface area contributed by atoms with Crippen LogP contribution in [-0.4, -0.2) is 25.1 Å². The fourth-order valence-corrected chi connectivity index (χ4v) is 3.80. The van der Waals surface area contributed by atoms with Crippen molar-refractivity contribution in [2.24, 2.45) is 0 Å². The van der Waals surface area contributed by atoms with Crippen LogP contribution in [0.4, 0.5) is 0 Å². The van der Waals surface area contributed by atoms with Gasteiger partial charge in [0.05, 0.1) is 0 Å². The minimum atomic E-state index is -2.00. The Labute approximate surface area is 168 Å². The minimum absolute atomic E-state index is 0.00497. The van der Waals surface area contributed by atoms with Crippen molar-refractivity contribution < 1.29 is 14.0 Å². The molecule has 0 bridgehead atoms. The second-order valence-electron chi connectivity index (χ2n) is 7.54. The first-order valence-corrected chi connectivity index (χ1v) is 10.7. The quantitative estimate of drug-likeness (QED) is 0.403. The van der Waals surface area contributed by atoms with E-state index in [9.17, 15) is 0 Å². The van der Waals surface area contributed by atoms with Gasteiger partial charge in [-0.05, 0) is 47.1 Å². The molecule has 3 nitrogen and oxygen atoms in total. The van der Waals surface area contributed by atoms with E-state index >= 15 is 0 Å².